The Morgan fingerprint density at radius 1 is 1.20 bits per heavy atom. The molecule has 2 aliphatic rings. The number of aryl methyl sites for hydroxylation is 1. The van der Waals surface area contributed by atoms with E-state index in [9.17, 15) is 4.79 Å². The van der Waals surface area contributed by atoms with E-state index in [1.807, 2.05) is 6.92 Å². The Balaban J connectivity index is 1.57. The van der Waals surface area contributed by atoms with Crippen molar-refractivity contribution < 1.29 is 0 Å². The third kappa shape index (κ3) is 3.11. The standard InChI is InChI=1S/C16H25N3O/c1-11-3-10-16(20)19(18-11)15-8-6-14(7-9-15)17-12(2)13-4-5-13/h3,10,12-15,17H,4-9H2,1-2H3. The molecule has 4 nitrogen and oxygen atoms in total. The molecule has 0 radical (unpaired) electrons. The van der Waals surface area contributed by atoms with Crippen LogP contribution < -0.4 is 10.9 Å². The molecule has 2 aliphatic carbocycles. The second-order valence-corrected chi connectivity index (χ2v) is 6.56. The molecule has 0 aliphatic heterocycles. The number of hydrogen-bond donors (Lipinski definition) is 1. The van der Waals surface area contributed by atoms with Crippen LogP contribution in [0, 0.1) is 12.8 Å². The first-order valence-corrected chi connectivity index (χ1v) is 7.96. The molecule has 0 spiro atoms. The minimum atomic E-state index is 0.0401. The third-order valence-corrected chi connectivity index (χ3v) is 4.83. The Hall–Kier alpha value is -1.16. The van der Waals surface area contributed by atoms with E-state index in [2.05, 4.69) is 17.3 Å². The summed E-state index contributed by atoms with van der Waals surface area (Å²) in [5.74, 6) is 0.911. The van der Waals surface area contributed by atoms with Crippen LogP contribution in [0.5, 0.6) is 0 Å². The molecule has 2 fully saturated rings. The van der Waals surface area contributed by atoms with Gasteiger partial charge in [0.25, 0.3) is 5.56 Å². The second-order valence-electron chi connectivity index (χ2n) is 6.56. The van der Waals surface area contributed by atoms with Gasteiger partial charge in [-0.25, -0.2) is 4.68 Å². The van der Waals surface area contributed by atoms with Gasteiger partial charge in [0.15, 0.2) is 0 Å². The average molecular weight is 275 g/mol. The number of nitrogens with zero attached hydrogens (tertiary/aromatic N) is 2. The first kappa shape index (κ1) is 13.8. The lowest BCUT2D eigenvalue weighted by Crippen LogP contribution is -2.41. The molecule has 1 N–H and O–H groups in total. The smallest absolute Gasteiger partial charge is 0.267 e. The van der Waals surface area contributed by atoms with Crippen LogP contribution in [0.2, 0.25) is 0 Å². The maximum Gasteiger partial charge on any atom is 0.267 e. The minimum absolute atomic E-state index is 0.0401. The molecule has 1 unspecified atom stereocenters. The fourth-order valence-corrected chi connectivity index (χ4v) is 3.37. The lowest BCUT2D eigenvalue weighted by atomic mass is 9.90. The topological polar surface area (TPSA) is 46.9 Å². The summed E-state index contributed by atoms with van der Waals surface area (Å²) in [5, 5.41) is 8.18. The van der Waals surface area contributed by atoms with Crippen LogP contribution >= 0.6 is 0 Å². The van der Waals surface area contributed by atoms with Gasteiger partial charge in [0, 0.05) is 18.2 Å². The molecule has 3 rings (SSSR count). The number of hydrogen-bond acceptors (Lipinski definition) is 3. The van der Waals surface area contributed by atoms with Crippen molar-refractivity contribution in [1.29, 1.82) is 0 Å². The van der Waals surface area contributed by atoms with E-state index in [0.29, 0.717) is 12.1 Å². The molecule has 1 heterocycles. The highest BCUT2D eigenvalue weighted by Crippen LogP contribution is 2.34. The zero-order chi connectivity index (χ0) is 14.1. The van der Waals surface area contributed by atoms with Crippen LogP contribution in [0.15, 0.2) is 16.9 Å². The maximum absolute atomic E-state index is 11.9. The molecule has 20 heavy (non-hydrogen) atoms. The SMILES string of the molecule is Cc1ccc(=O)n(C2CCC(NC(C)C3CC3)CC2)n1. The van der Waals surface area contributed by atoms with Crippen LogP contribution in [0.25, 0.3) is 0 Å². The fraction of sp³-hybridized carbons (Fsp3) is 0.750. The van der Waals surface area contributed by atoms with E-state index >= 15 is 0 Å². The van der Waals surface area contributed by atoms with Crippen LogP contribution in [-0.2, 0) is 0 Å². The summed E-state index contributed by atoms with van der Waals surface area (Å²) in [7, 11) is 0. The van der Waals surface area contributed by atoms with Crippen LogP contribution in [-0.4, -0.2) is 21.9 Å². The third-order valence-electron chi connectivity index (χ3n) is 4.83. The second kappa shape index (κ2) is 5.68. The first-order valence-electron chi connectivity index (χ1n) is 7.96. The van der Waals surface area contributed by atoms with E-state index in [1.54, 1.807) is 16.8 Å². The van der Waals surface area contributed by atoms with E-state index in [0.717, 1.165) is 37.3 Å². The highest BCUT2D eigenvalue weighted by Gasteiger charge is 2.31. The zero-order valence-electron chi connectivity index (χ0n) is 12.5. The molecule has 0 aromatic carbocycles. The van der Waals surface area contributed by atoms with Gasteiger partial charge in [-0.15, -0.1) is 0 Å². The van der Waals surface area contributed by atoms with Crippen molar-refractivity contribution >= 4 is 0 Å². The minimum Gasteiger partial charge on any atom is -0.311 e. The summed E-state index contributed by atoms with van der Waals surface area (Å²) in [4.78, 5) is 11.9. The Kier molecular flexibility index (Phi) is 3.92. The van der Waals surface area contributed by atoms with Gasteiger partial charge in [-0.1, -0.05) is 0 Å². The fourth-order valence-electron chi connectivity index (χ4n) is 3.37. The predicted molar refractivity (Wildman–Crippen MR) is 79.8 cm³/mol. The lowest BCUT2D eigenvalue weighted by Gasteiger charge is -2.31. The van der Waals surface area contributed by atoms with Crippen molar-refractivity contribution in [1.82, 2.24) is 15.1 Å². The van der Waals surface area contributed by atoms with Crippen molar-refractivity contribution in [2.24, 2.45) is 5.92 Å². The van der Waals surface area contributed by atoms with Crippen LogP contribution in [0.1, 0.15) is 57.2 Å². The molecule has 110 valence electrons. The molecule has 0 amide bonds. The molecule has 1 atom stereocenters. The molecule has 0 bridgehead atoms. The van der Waals surface area contributed by atoms with Gasteiger partial charge in [-0.05, 0) is 64.4 Å². The van der Waals surface area contributed by atoms with E-state index < -0.39 is 0 Å². The maximum atomic E-state index is 11.9. The van der Waals surface area contributed by atoms with Crippen molar-refractivity contribution in [2.75, 3.05) is 0 Å². The zero-order valence-corrected chi connectivity index (χ0v) is 12.5. The number of rotatable bonds is 4. The van der Waals surface area contributed by atoms with Gasteiger partial charge in [-0.3, -0.25) is 4.79 Å². The number of nitrogens with one attached hydrogen (secondary N) is 1. The average Bonchev–Trinajstić information content (AvgIpc) is 3.27. The van der Waals surface area contributed by atoms with Crippen LogP contribution in [0.3, 0.4) is 0 Å². The monoisotopic (exact) mass is 275 g/mol. The molecular weight excluding hydrogens is 250 g/mol. The van der Waals surface area contributed by atoms with Crippen LogP contribution in [0.4, 0.5) is 0 Å². The summed E-state index contributed by atoms with van der Waals surface area (Å²) in [6, 6.07) is 5.01. The van der Waals surface area contributed by atoms with Crippen molar-refractivity contribution in [2.45, 2.75) is 70.5 Å². The molecule has 1 aromatic heterocycles. The molecule has 0 saturated heterocycles. The van der Waals surface area contributed by atoms with E-state index in [1.165, 1.54) is 12.8 Å². The highest BCUT2D eigenvalue weighted by molar-refractivity contribution is 4.98. The molecule has 1 aromatic rings. The van der Waals surface area contributed by atoms with E-state index in [-0.39, 0.29) is 11.6 Å². The largest absolute Gasteiger partial charge is 0.311 e. The van der Waals surface area contributed by atoms with Crippen molar-refractivity contribution in [3.63, 3.8) is 0 Å². The van der Waals surface area contributed by atoms with Gasteiger partial charge in [0.1, 0.15) is 0 Å². The van der Waals surface area contributed by atoms with Gasteiger partial charge in [0.2, 0.25) is 0 Å². The Morgan fingerprint density at radius 3 is 2.55 bits per heavy atom. The van der Waals surface area contributed by atoms with Gasteiger partial charge in [-0.2, -0.15) is 5.10 Å². The highest BCUT2D eigenvalue weighted by atomic mass is 16.1. The summed E-state index contributed by atoms with van der Waals surface area (Å²) in [6.07, 6.45) is 7.22. The summed E-state index contributed by atoms with van der Waals surface area (Å²) < 4.78 is 1.70. The van der Waals surface area contributed by atoms with Gasteiger partial charge in [0.05, 0.1) is 11.7 Å². The number of aromatic nitrogens is 2. The van der Waals surface area contributed by atoms with Crippen molar-refractivity contribution in [3.05, 3.63) is 28.2 Å². The molecule has 2 saturated carbocycles. The predicted octanol–water partition coefficient (Wildman–Crippen LogP) is 2.42. The molecule has 4 heteroatoms. The Morgan fingerprint density at radius 2 is 1.90 bits per heavy atom. The van der Waals surface area contributed by atoms with Gasteiger partial charge < -0.3 is 5.32 Å². The van der Waals surface area contributed by atoms with Crippen molar-refractivity contribution in [3.8, 4) is 0 Å². The van der Waals surface area contributed by atoms with E-state index in [4.69, 9.17) is 0 Å². The quantitative estimate of drug-likeness (QED) is 0.918. The summed E-state index contributed by atoms with van der Waals surface area (Å²) in [6.45, 7) is 4.26. The Bertz CT molecular complexity index is 513. The first-order chi connectivity index (χ1) is 9.63. The normalized spacial score (nSPS) is 28.3. The summed E-state index contributed by atoms with van der Waals surface area (Å²) >= 11 is 0. The lowest BCUT2D eigenvalue weighted by molar-refractivity contribution is 0.253. The summed E-state index contributed by atoms with van der Waals surface area (Å²) in [5.41, 5.74) is 0.963. The van der Waals surface area contributed by atoms with Gasteiger partial charge >= 0.3 is 0 Å². The molecular formula is C16H25N3O. The Labute approximate surface area is 120 Å².